The highest BCUT2D eigenvalue weighted by molar-refractivity contribution is 5.94. The summed E-state index contributed by atoms with van der Waals surface area (Å²) >= 11 is 0. The van der Waals surface area contributed by atoms with Crippen molar-refractivity contribution in [2.24, 2.45) is 5.73 Å². The molecule has 1 rings (SSSR count). The van der Waals surface area contributed by atoms with Crippen LogP contribution >= 0.6 is 0 Å². The van der Waals surface area contributed by atoms with Crippen molar-refractivity contribution in [1.82, 2.24) is 9.88 Å². The molecule has 1 aromatic heterocycles. The maximum Gasteiger partial charge on any atom is 0.255 e. The van der Waals surface area contributed by atoms with Crippen LogP contribution < -0.4 is 5.73 Å². The predicted molar refractivity (Wildman–Crippen MR) is 72.0 cm³/mol. The van der Waals surface area contributed by atoms with Crippen molar-refractivity contribution in [2.75, 3.05) is 19.6 Å². The highest BCUT2D eigenvalue weighted by Crippen LogP contribution is 2.06. The number of amides is 1. The first-order valence-electron chi connectivity index (χ1n) is 6.16. The van der Waals surface area contributed by atoms with Crippen LogP contribution in [0.25, 0.3) is 0 Å². The molecule has 1 amide bonds. The number of carbonyl (C=O) groups excluding carboxylic acids is 1. The molecule has 4 nitrogen and oxygen atoms in total. The van der Waals surface area contributed by atoms with Crippen molar-refractivity contribution in [3.05, 3.63) is 29.6 Å². The number of aromatic nitrogens is 1. The zero-order valence-corrected chi connectivity index (χ0v) is 10.9. The van der Waals surface area contributed by atoms with Gasteiger partial charge in [0, 0.05) is 31.0 Å². The monoisotopic (exact) mass is 245 g/mol. The number of hydrogen-bond acceptors (Lipinski definition) is 3. The standard InChI is InChI=1S/C14H19N3O/c1-3-8-17(4-2)14(18)13-9-12(6-5-7-15)10-16-11-13/h9-11H,3-4,7-8,15H2,1-2H3. The molecule has 1 heterocycles. The van der Waals surface area contributed by atoms with Gasteiger partial charge in [-0.05, 0) is 19.4 Å². The number of pyridine rings is 1. The van der Waals surface area contributed by atoms with Gasteiger partial charge in [0.15, 0.2) is 0 Å². The number of carbonyl (C=O) groups is 1. The molecule has 0 aliphatic rings. The molecule has 0 saturated carbocycles. The molecule has 0 unspecified atom stereocenters. The van der Waals surface area contributed by atoms with E-state index in [1.807, 2.05) is 6.92 Å². The number of nitrogens with zero attached hydrogens (tertiary/aromatic N) is 2. The normalized spacial score (nSPS) is 9.50. The molecule has 0 saturated heterocycles. The molecule has 18 heavy (non-hydrogen) atoms. The Morgan fingerprint density at radius 3 is 2.83 bits per heavy atom. The summed E-state index contributed by atoms with van der Waals surface area (Å²) in [6.07, 6.45) is 4.16. The number of hydrogen-bond donors (Lipinski definition) is 1. The van der Waals surface area contributed by atoms with Crippen molar-refractivity contribution in [2.45, 2.75) is 20.3 Å². The SMILES string of the molecule is CCCN(CC)C(=O)c1cncc(C#CCN)c1. The fourth-order valence-corrected chi connectivity index (χ4v) is 1.63. The molecule has 1 aromatic rings. The Morgan fingerprint density at radius 1 is 1.44 bits per heavy atom. The fraction of sp³-hybridized carbons (Fsp3) is 0.429. The van der Waals surface area contributed by atoms with Gasteiger partial charge in [-0.15, -0.1) is 0 Å². The molecule has 0 spiro atoms. The summed E-state index contributed by atoms with van der Waals surface area (Å²) in [6.45, 7) is 5.78. The zero-order valence-electron chi connectivity index (χ0n) is 10.9. The largest absolute Gasteiger partial charge is 0.339 e. The Kier molecular flexibility index (Phi) is 5.89. The second-order valence-electron chi connectivity index (χ2n) is 3.85. The van der Waals surface area contributed by atoms with E-state index in [2.05, 4.69) is 23.7 Å². The van der Waals surface area contributed by atoms with Crippen molar-refractivity contribution in [3.8, 4) is 11.8 Å². The van der Waals surface area contributed by atoms with Crippen LogP contribution in [0.15, 0.2) is 18.5 Å². The molecule has 4 heteroatoms. The second-order valence-corrected chi connectivity index (χ2v) is 3.85. The Balaban J connectivity index is 2.91. The molecule has 0 aliphatic heterocycles. The smallest absolute Gasteiger partial charge is 0.255 e. The van der Waals surface area contributed by atoms with Gasteiger partial charge in [0.1, 0.15) is 0 Å². The topological polar surface area (TPSA) is 59.2 Å². The van der Waals surface area contributed by atoms with Gasteiger partial charge in [0.25, 0.3) is 5.91 Å². The predicted octanol–water partition coefficient (Wildman–Crippen LogP) is 1.26. The van der Waals surface area contributed by atoms with Crippen LogP contribution in [0.5, 0.6) is 0 Å². The molecule has 0 aliphatic carbocycles. The molecular weight excluding hydrogens is 226 g/mol. The quantitative estimate of drug-likeness (QED) is 0.812. The summed E-state index contributed by atoms with van der Waals surface area (Å²) in [5.74, 6) is 5.64. The minimum atomic E-state index is 0.00301. The third-order valence-electron chi connectivity index (χ3n) is 2.48. The van der Waals surface area contributed by atoms with Gasteiger partial charge in [0.05, 0.1) is 12.1 Å². The van der Waals surface area contributed by atoms with E-state index in [-0.39, 0.29) is 5.91 Å². The van der Waals surface area contributed by atoms with Crippen LogP contribution in [-0.4, -0.2) is 35.4 Å². The minimum absolute atomic E-state index is 0.00301. The zero-order chi connectivity index (χ0) is 13.4. The average molecular weight is 245 g/mol. The maximum absolute atomic E-state index is 12.2. The van der Waals surface area contributed by atoms with Crippen LogP contribution in [0.1, 0.15) is 36.2 Å². The van der Waals surface area contributed by atoms with E-state index in [0.717, 1.165) is 18.5 Å². The van der Waals surface area contributed by atoms with Crippen LogP contribution in [0, 0.1) is 11.8 Å². The highest BCUT2D eigenvalue weighted by Gasteiger charge is 2.13. The first-order chi connectivity index (χ1) is 8.72. The van der Waals surface area contributed by atoms with Crippen LogP contribution in [0.2, 0.25) is 0 Å². The van der Waals surface area contributed by atoms with E-state index in [1.54, 1.807) is 23.4 Å². The van der Waals surface area contributed by atoms with Crippen LogP contribution in [0.4, 0.5) is 0 Å². The molecule has 2 N–H and O–H groups in total. The molecule has 96 valence electrons. The second kappa shape index (κ2) is 7.46. The third-order valence-corrected chi connectivity index (χ3v) is 2.48. The number of nitrogens with two attached hydrogens (primary N) is 1. The van der Waals surface area contributed by atoms with Crippen molar-refractivity contribution >= 4 is 5.91 Å². The maximum atomic E-state index is 12.2. The van der Waals surface area contributed by atoms with E-state index in [4.69, 9.17) is 5.73 Å². The minimum Gasteiger partial charge on any atom is -0.339 e. The van der Waals surface area contributed by atoms with E-state index < -0.39 is 0 Å². The van der Waals surface area contributed by atoms with Gasteiger partial charge in [-0.2, -0.15) is 0 Å². The lowest BCUT2D eigenvalue weighted by molar-refractivity contribution is 0.0764. The van der Waals surface area contributed by atoms with E-state index >= 15 is 0 Å². The van der Waals surface area contributed by atoms with Crippen LogP contribution in [0.3, 0.4) is 0 Å². The Bertz CT molecular complexity index is 460. The summed E-state index contributed by atoms with van der Waals surface area (Å²) in [5, 5.41) is 0. The highest BCUT2D eigenvalue weighted by atomic mass is 16.2. The molecule has 0 aromatic carbocycles. The van der Waals surface area contributed by atoms with Gasteiger partial charge in [0.2, 0.25) is 0 Å². The van der Waals surface area contributed by atoms with Crippen LogP contribution in [-0.2, 0) is 0 Å². The van der Waals surface area contributed by atoms with E-state index in [1.165, 1.54) is 0 Å². The molecular formula is C14H19N3O. The van der Waals surface area contributed by atoms with Crippen molar-refractivity contribution in [1.29, 1.82) is 0 Å². The number of rotatable bonds is 4. The molecule has 0 atom stereocenters. The lowest BCUT2D eigenvalue weighted by Gasteiger charge is -2.19. The first-order valence-corrected chi connectivity index (χ1v) is 6.16. The Hall–Kier alpha value is -1.86. The lowest BCUT2D eigenvalue weighted by Crippen LogP contribution is -2.31. The summed E-state index contributed by atoms with van der Waals surface area (Å²) in [4.78, 5) is 18.1. The van der Waals surface area contributed by atoms with Gasteiger partial charge >= 0.3 is 0 Å². The van der Waals surface area contributed by atoms with Gasteiger partial charge in [-0.1, -0.05) is 18.8 Å². The summed E-state index contributed by atoms with van der Waals surface area (Å²) < 4.78 is 0. The molecule has 0 bridgehead atoms. The Morgan fingerprint density at radius 2 is 2.22 bits per heavy atom. The average Bonchev–Trinajstić information content (AvgIpc) is 2.42. The summed E-state index contributed by atoms with van der Waals surface area (Å²) in [6, 6.07) is 1.76. The first kappa shape index (κ1) is 14.2. The lowest BCUT2D eigenvalue weighted by atomic mass is 10.2. The molecule has 0 fully saturated rings. The van der Waals surface area contributed by atoms with E-state index in [9.17, 15) is 4.79 Å². The van der Waals surface area contributed by atoms with Gasteiger partial charge < -0.3 is 10.6 Å². The van der Waals surface area contributed by atoms with Crippen molar-refractivity contribution in [3.63, 3.8) is 0 Å². The summed E-state index contributed by atoms with van der Waals surface area (Å²) in [7, 11) is 0. The molecule has 0 radical (unpaired) electrons. The third kappa shape index (κ3) is 3.86. The van der Waals surface area contributed by atoms with E-state index in [0.29, 0.717) is 18.7 Å². The Labute approximate surface area is 108 Å². The summed E-state index contributed by atoms with van der Waals surface area (Å²) in [5.41, 5.74) is 6.61. The fourth-order valence-electron chi connectivity index (χ4n) is 1.63. The van der Waals surface area contributed by atoms with Gasteiger partial charge in [-0.3, -0.25) is 9.78 Å². The van der Waals surface area contributed by atoms with Crippen molar-refractivity contribution < 1.29 is 4.79 Å². The van der Waals surface area contributed by atoms with Gasteiger partial charge in [-0.25, -0.2) is 0 Å².